The molecule has 3 rings (SSSR count). The van der Waals surface area contributed by atoms with Crippen molar-refractivity contribution < 1.29 is 24.2 Å². The molecule has 0 radical (unpaired) electrons. The molecule has 0 bridgehead atoms. The van der Waals surface area contributed by atoms with Crippen molar-refractivity contribution in [3.8, 4) is 17.1 Å². The fourth-order valence-corrected chi connectivity index (χ4v) is 2.65. The van der Waals surface area contributed by atoms with Crippen molar-refractivity contribution in [1.29, 1.82) is 0 Å². The van der Waals surface area contributed by atoms with Gasteiger partial charge in [-0.1, -0.05) is 23.7 Å². The second-order valence-electron chi connectivity index (χ2n) is 6.03. The molecule has 3 aromatic rings. The van der Waals surface area contributed by atoms with Gasteiger partial charge in [0.1, 0.15) is 22.8 Å². The molecule has 2 aromatic carbocycles. The van der Waals surface area contributed by atoms with Crippen molar-refractivity contribution in [1.82, 2.24) is 0 Å². The summed E-state index contributed by atoms with van der Waals surface area (Å²) in [6.07, 6.45) is 2.76. The van der Waals surface area contributed by atoms with Crippen LogP contribution in [0.15, 0.2) is 59.0 Å². The van der Waals surface area contributed by atoms with E-state index in [-0.39, 0.29) is 17.0 Å². The number of carboxylic acid groups (broad SMARTS) is 1. The number of amides is 1. The first-order chi connectivity index (χ1) is 13.3. The normalized spacial score (nSPS) is 10.9. The topological polar surface area (TPSA) is 99.8 Å². The standard InChI is InChI=1S/C21H16ClNO5/c1-12-2-3-13(10-17(12)22)19-8-5-15(28-19)6-9-20(25)23-14-4-7-18(24)16(11-14)21(26)27/h2-11,24H,1H3,(H,23,25)(H,26,27)/b9-6+. The van der Waals surface area contributed by atoms with Crippen molar-refractivity contribution >= 4 is 35.2 Å². The third-order valence-electron chi connectivity index (χ3n) is 3.98. The van der Waals surface area contributed by atoms with Gasteiger partial charge in [0, 0.05) is 22.3 Å². The molecule has 1 heterocycles. The Morgan fingerprint density at radius 1 is 1.11 bits per heavy atom. The van der Waals surface area contributed by atoms with Gasteiger partial charge in [-0.3, -0.25) is 4.79 Å². The molecule has 28 heavy (non-hydrogen) atoms. The lowest BCUT2D eigenvalue weighted by molar-refractivity contribution is -0.111. The van der Waals surface area contributed by atoms with Gasteiger partial charge in [-0.25, -0.2) is 4.79 Å². The number of hydrogen-bond donors (Lipinski definition) is 3. The van der Waals surface area contributed by atoms with Crippen LogP contribution >= 0.6 is 11.6 Å². The molecule has 0 unspecified atom stereocenters. The van der Waals surface area contributed by atoms with E-state index in [9.17, 15) is 14.7 Å². The highest BCUT2D eigenvalue weighted by molar-refractivity contribution is 6.31. The van der Waals surface area contributed by atoms with E-state index in [2.05, 4.69) is 5.32 Å². The molecule has 1 amide bonds. The fourth-order valence-electron chi connectivity index (χ4n) is 2.47. The Hall–Kier alpha value is -3.51. The number of hydrogen-bond acceptors (Lipinski definition) is 4. The van der Waals surface area contributed by atoms with E-state index in [1.165, 1.54) is 30.4 Å². The van der Waals surface area contributed by atoms with E-state index in [4.69, 9.17) is 21.1 Å². The summed E-state index contributed by atoms with van der Waals surface area (Å²) < 4.78 is 5.70. The summed E-state index contributed by atoms with van der Waals surface area (Å²) in [6, 6.07) is 12.9. The van der Waals surface area contributed by atoms with Gasteiger partial charge in [-0.05, 0) is 55.0 Å². The first-order valence-electron chi connectivity index (χ1n) is 8.25. The number of aromatic carboxylic acids is 1. The summed E-state index contributed by atoms with van der Waals surface area (Å²) in [4.78, 5) is 23.1. The first kappa shape index (κ1) is 19.3. The van der Waals surface area contributed by atoms with Gasteiger partial charge in [0.2, 0.25) is 5.91 Å². The molecule has 142 valence electrons. The van der Waals surface area contributed by atoms with E-state index in [1.807, 2.05) is 19.1 Å². The van der Waals surface area contributed by atoms with Gasteiger partial charge in [-0.2, -0.15) is 0 Å². The minimum absolute atomic E-state index is 0.249. The van der Waals surface area contributed by atoms with E-state index in [0.29, 0.717) is 16.5 Å². The Morgan fingerprint density at radius 2 is 1.89 bits per heavy atom. The number of halogens is 1. The maximum absolute atomic E-state index is 12.0. The molecule has 0 spiro atoms. The molecule has 0 aliphatic heterocycles. The number of carbonyl (C=O) groups is 2. The number of rotatable bonds is 5. The first-order valence-corrected chi connectivity index (χ1v) is 8.63. The van der Waals surface area contributed by atoms with Crippen molar-refractivity contribution in [2.24, 2.45) is 0 Å². The number of furan rings is 1. The summed E-state index contributed by atoms with van der Waals surface area (Å²) in [6.45, 7) is 1.91. The summed E-state index contributed by atoms with van der Waals surface area (Å²) in [5.74, 6) is -1.05. The maximum atomic E-state index is 12.0. The quantitative estimate of drug-likeness (QED) is 0.417. The van der Waals surface area contributed by atoms with E-state index in [0.717, 1.165) is 11.1 Å². The Kier molecular flexibility index (Phi) is 5.52. The smallest absolute Gasteiger partial charge is 0.339 e. The second kappa shape index (κ2) is 8.02. The van der Waals surface area contributed by atoms with Crippen LogP contribution in [0.5, 0.6) is 5.75 Å². The molecule has 0 atom stereocenters. The van der Waals surface area contributed by atoms with Gasteiger partial charge in [0.15, 0.2) is 0 Å². The Bertz CT molecular complexity index is 1080. The summed E-state index contributed by atoms with van der Waals surface area (Å²) in [5.41, 5.74) is 1.74. The third-order valence-corrected chi connectivity index (χ3v) is 4.38. The van der Waals surface area contributed by atoms with E-state index in [1.54, 1.807) is 18.2 Å². The highest BCUT2D eigenvalue weighted by atomic mass is 35.5. The van der Waals surface area contributed by atoms with E-state index < -0.39 is 11.9 Å². The number of aryl methyl sites for hydroxylation is 1. The van der Waals surface area contributed by atoms with Crippen LogP contribution in [0.1, 0.15) is 21.7 Å². The molecular formula is C21H16ClNO5. The molecule has 0 saturated carbocycles. The molecule has 0 aliphatic rings. The van der Waals surface area contributed by atoms with Crippen molar-refractivity contribution in [3.63, 3.8) is 0 Å². The van der Waals surface area contributed by atoms with Gasteiger partial charge in [-0.15, -0.1) is 0 Å². The molecule has 7 heteroatoms. The van der Waals surface area contributed by atoms with Crippen LogP contribution in [0.4, 0.5) is 5.69 Å². The number of phenols is 1. The minimum Gasteiger partial charge on any atom is -0.507 e. The molecule has 6 nitrogen and oxygen atoms in total. The van der Waals surface area contributed by atoms with Crippen molar-refractivity contribution in [3.05, 3.63) is 76.5 Å². The lowest BCUT2D eigenvalue weighted by Crippen LogP contribution is -2.08. The predicted molar refractivity (Wildman–Crippen MR) is 107 cm³/mol. The zero-order chi connectivity index (χ0) is 20.3. The summed E-state index contributed by atoms with van der Waals surface area (Å²) in [5, 5.41) is 21.7. The lowest BCUT2D eigenvalue weighted by atomic mass is 10.1. The van der Waals surface area contributed by atoms with E-state index >= 15 is 0 Å². The molecule has 3 N–H and O–H groups in total. The second-order valence-corrected chi connectivity index (χ2v) is 6.43. The highest BCUT2D eigenvalue weighted by Crippen LogP contribution is 2.27. The van der Waals surface area contributed by atoms with Gasteiger partial charge < -0.3 is 19.9 Å². The Balaban J connectivity index is 1.70. The summed E-state index contributed by atoms with van der Waals surface area (Å²) >= 11 is 6.13. The Labute approximate surface area is 165 Å². The van der Waals surface area contributed by atoms with Gasteiger partial charge >= 0.3 is 5.97 Å². The fraction of sp³-hybridized carbons (Fsp3) is 0.0476. The average Bonchev–Trinajstić information content (AvgIpc) is 3.13. The zero-order valence-corrected chi connectivity index (χ0v) is 15.5. The van der Waals surface area contributed by atoms with Gasteiger partial charge in [0.25, 0.3) is 0 Å². The predicted octanol–water partition coefficient (Wildman–Crippen LogP) is 4.96. The molecule has 0 saturated heterocycles. The zero-order valence-electron chi connectivity index (χ0n) is 14.8. The number of carboxylic acids is 1. The third kappa shape index (κ3) is 4.42. The van der Waals surface area contributed by atoms with Crippen molar-refractivity contribution in [2.75, 3.05) is 5.32 Å². The number of anilines is 1. The molecular weight excluding hydrogens is 382 g/mol. The number of nitrogens with one attached hydrogen (secondary N) is 1. The van der Waals surface area contributed by atoms with Gasteiger partial charge in [0.05, 0.1) is 0 Å². The lowest BCUT2D eigenvalue weighted by Gasteiger charge is -2.05. The van der Waals surface area contributed by atoms with Crippen LogP contribution in [-0.4, -0.2) is 22.1 Å². The highest BCUT2D eigenvalue weighted by Gasteiger charge is 2.11. The summed E-state index contributed by atoms with van der Waals surface area (Å²) in [7, 11) is 0. The van der Waals surface area contributed by atoms with Crippen LogP contribution in [0.3, 0.4) is 0 Å². The van der Waals surface area contributed by atoms with Crippen LogP contribution < -0.4 is 5.32 Å². The molecule has 1 aromatic heterocycles. The Morgan fingerprint density at radius 3 is 2.61 bits per heavy atom. The largest absolute Gasteiger partial charge is 0.507 e. The van der Waals surface area contributed by atoms with Crippen LogP contribution in [0.2, 0.25) is 5.02 Å². The molecule has 0 aliphatic carbocycles. The van der Waals surface area contributed by atoms with Crippen molar-refractivity contribution in [2.45, 2.75) is 6.92 Å². The maximum Gasteiger partial charge on any atom is 0.339 e. The number of benzene rings is 2. The average molecular weight is 398 g/mol. The molecule has 0 fully saturated rings. The monoisotopic (exact) mass is 397 g/mol. The number of aromatic hydroxyl groups is 1. The van der Waals surface area contributed by atoms with Crippen LogP contribution in [0.25, 0.3) is 17.4 Å². The minimum atomic E-state index is -1.29. The van der Waals surface area contributed by atoms with Crippen LogP contribution in [0, 0.1) is 6.92 Å². The van der Waals surface area contributed by atoms with Crippen LogP contribution in [-0.2, 0) is 4.79 Å². The number of carbonyl (C=O) groups excluding carboxylic acids is 1. The SMILES string of the molecule is Cc1ccc(-c2ccc(/C=C/C(=O)Nc3ccc(O)c(C(=O)O)c3)o2)cc1Cl.